The Morgan fingerprint density at radius 1 is 1.58 bits per heavy atom. The summed E-state index contributed by atoms with van der Waals surface area (Å²) in [5, 5.41) is 0. The number of nitrogens with zero attached hydrogens (tertiary/aromatic N) is 2. The molecule has 0 fully saturated rings. The van der Waals surface area contributed by atoms with Crippen LogP contribution in [0.4, 0.5) is 5.82 Å². The summed E-state index contributed by atoms with van der Waals surface area (Å²) in [6.07, 6.45) is 1.57. The molecule has 0 saturated carbocycles. The quantitative estimate of drug-likeness (QED) is 0.478. The molecule has 4 N–H and O–H groups in total. The summed E-state index contributed by atoms with van der Waals surface area (Å²) >= 11 is 0. The van der Waals surface area contributed by atoms with Crippen molar-refractivity contribution in [2.75, 3.05) is 7.11 Å². The minimum Gasteiger partial charge on any atom is -0.497 e. The first-order valence-corrected chi connectivity index (χ1v) is 3.32. The van der Waals surface area contributed by atoms with Crippen molar-refractivity contribution in [3.8, 4) is 5.75 Å². The predicted octanol–water partition coefficient (Wildman–Crippen LogP) is -0.00490. The zero-order valence-corrected chi connectivity index (χ0v) is 6.69. The number of methoxy groups -OCH3 is 1. The summed E-state index contributed by atoms with van der Waals surface area (Å²) in [5.41, 5.74) is 10.3. The first-order chi connectivity index (χ1) is 5.72. The lowest BCUT2D eigenvalue weighted by molar-refractivity contribution is 0.414. The van der Waals surface area contributed by atoms with Gasteiger partial charge in [-0.3, -0.25) is 0 Å². The number of guanidine groups is 1. The Kier molecular flexibility index (Phi) is 2.47. The third-order valence-electron chi connectivity index (χ3n) is 1.20. The van der Waals surface area contributed by atoms with E-state index in [2.05, 4.69) is 9.98 Å². The third kappa shape index (κ3) is 2.12. The topological polar surface area (TPSA) is 86.5 Å². The Balaban J connectivity index is 2.94. The Morgan fingerprint density at radius 2 is 2.33 bits per heavy atom. The highest BCUT2D eigenvalue weighted by Gasteiger charge is 1.94. The molecule has 0 saturated heterocycles. The number of hydrogen-bond donors (Lipinski definition) is 2. The highest BCUT2D eigenvalue weighted by molar-refractivity contribution is 5.78. The zero-order chi connectivity index (χ0) is 8.97. The summed E-state index contributed by atoms with van der Waals surface area (Å²) in [6, 6.07) is 3.35. The first-order valence-electron chi connectivity index (χ1n) is 3.32. The number of ether oxygens (including phenoxy) is 1. The Labute approximate surface area is 70.1 Å². The molecule has 0 atom stereocenters. The van der Waals surface area contributed by atoms with E-state index in [0.717, 1.165) is 0 Å². The van der Waals surface area contributed by atoms with Crippen LogP contribution in [0, 0.1) is 0 Å². The van der Waals surface area contributed by atoms with Gasteiger partial charge < -0.3 is 16.2 Å². The third-order valence-corrected chi connectivity index (χ3v) is 1.20. The van der Waals surface area contributed by atoms with Crippen LogP contribution in [0.1, 0.15) is 0 Å². The van der Waals surface area contributed by atoms with E-state index in [1.54, 1.807) is 25.4 Å². The summed E-state index contributed by atoms with van der Waals surface area (Å²) < 4.78 is 4.95. The molecule has 0 aromatic carbocycles. The van der Waals surface area contributed by atoms with E-state index in [-0.39, 0.29) is 5.96 Å². The normalized spacial score (nSPS) is 9.08. The van der Waals surface area contributed by atoms with Gasteiger partial charge in [0.15, 0.2) is 11.8 Å². The van der Waals surface area contributed by atoms with Crippen molar-refractivity contribution in [1.82, 2.24) is 4.98 Å². The van der Waals surface area contributed by atoms with Crippen LogP contribution in [0.15, 0.2) is 23.3 Å². The van der Waals surface area contributed by atoms with Gasteiger partial charge >= 0.3 is 0 Å². The fourth-order valence-electron chi connectivity index (χ4n) is 0.720. The Hall–Kier alpha value is -1.78. The molecule has 5 nitrogen and oxygen atoms in total. The smallest absolute Gasteiger partial charge is 0.192 e. The van der Waals surface area contributed by atoms with Crippen molar-refractivity contribution in [3.63, 3.8) is 0 Å². The fourth-order valence-corrected chi connectivity index (χ4v) is 0.720. The van der Waals surface area contributed by atoms with Crippen LogP contribution in [0.25, 0.3) is 0 Å². The molecule has 1 aromatic rings. The zero-order valence-electron chi connectivity index (χ0n) is 6.69. The van der Waals surface area contributed by atoms with Gasteiger partial charge in [0.05, 0.1) is 7.11 Å². The minimum atomic E-state index is -0.0178. The van der Waals surface area contributed by atoms with Crippen LogP contribution in [0.5, 0.6) is 5.75 Å². The lowest BCUT2D eigenvalue weighted by Crippen LogP contribution is -2.22. The molecular formula is C7H10N4O. The van der Waals surface area contributed by atoms with Crippen LogP contribution in [0.3, 0.4) is 0 Å². The van der Waals surface area contributed by atoms with Crippen molar-refractivity contribution in [1.29, 1.82) is 0 Å². The van der Waals surface area contributed by atoms with Gasteiger partial charge in [-0.15, -0.1) is 0 Å². The molecule has 1 rings (SSSR count). The second-order valence-corrected chi connectivity index (χ2v) is 2.09. The average Bonchev–Trinajstić information content (AvgIpc) is 2.03. The highest BCUT2D eigenvalue weighted by Crippen LogP contribution is 2.15. The van der Waals surface area contributed by atoms with Gasteiger partial charge in [0.25, 0.3) is 0 Å². The molecule has 0 unspecified atom stereocenters. The fraction of sp³-hybridized carbons (Fsp3) is 0.143. The summed E-state index contributed by atoms with van der Waals surface area (Å²) in [7, 11) is 1.56. The summed E-state index contributed by atoms with van der Waals surface area (Å²) in [4.78, 5) is 7.65. The van der Waals surface area contributed by atoms with Crippen LogP contribution < -0.4 is 16.2 Å². The standard InChI is InChI=1S/C7H10N4O/c1-12-5-2-3-10-6(4-5)11-7(8)9/h2-4H,1H3,(H4,8,9,10,11). The maximum Gasteiger partial charge on any atom is 0.192 e. The molecule has 0 aliphatic heterocycles. The van der Waals surface area contributed by atoms with Crippen molar-refractivity contribution in [2.45, 2.75) is 0 Å². The van der Waals surface area contributed by atoms with Crippen molar-refractivity contribution >= 4 is 11.8 Å². The Bertz CT molecular complexity index is 293. The van der Waals surface area contributed by atoms with E-state index in [4.69, 9.17) is 16.2 Å². The van der Waals surface area contributed by atoms with E-state index in [1.165, 1.54) is 0 Å². The number of nitrogens with two attached hydrogens (primary N) is 2. The SMILES string of the molecule is COc1ccnc(N=C(N)N)c1. The molecule has 0 aliphatic carbocycles. The maximum absolute atomic E-state index is 5.16. The number of aromatic nitrogens is 1. The maximum atomic E-state index is 5.16. The van der Waals surface area contributed by atoms with Crippen LogP contribution in [0.2, 0.25) is 0 Å². The van der Waals surface area contributed by atoms with E-state index in [9.17, 15) is 0 Å². The van der Waals surface area contributed by atoms with E-state index < -0.39 is 0 Å². The van der Waals surface area contributed by atoms with Crippen molar-refractivity contribution in [3.05, 3.63) is 18.3 Å². The largest absolute Gasteiger partial charge is 0.497 e. The summed E-state index contributed by atoms with van der Waals surface area (Å²) in [5.74, 6) is 1.09. The summed E-state index contributed by atoms with van der Waals surface area (Å²) in [6.45, 7) is 0. The van der Waals surface area contributed by atoms with Gasteiger partial charge in [0, 0.05) is 12.3 Å². The molecule has 0 radical (unpaired) electrons. The van der Waals surface area contributed by atoms with Gasteiger partial charge in [-0.25, -0.2) is 4.98 Å². The lowest BCUT2D eigenvalue weighted by Gasteiger charge is -1.98. The number of pyridine rings is 1. The molecule has 0 aliphatic rings. The number of hydrogen-bond acceptors (Lipinski definition) is 3. The molecule has 1 heterocycles. The van der Waals surface area contributed by atoms with Gasteiger partial charge in [-0.2, -0.15) is 4.99 Å². The number of aliphatic imine (C=N–C) groups is 1. The van der Waals surface area contributed by atoms with E-state index in [1.807, 2.05) is 0 Å². The van der Waals surface area contributed by atoms with Crippen molar-refractivity contribution in [2.24, 2.45) is 16.5 Å². The van der Waals surface area contributed by atoms with Gasteiger partial charge in [0.2, 0.25) is 0 Å². The molecule has 5 heteroatoms. The van der Waals surface area contributed by atoms with E-state index >= 15 is 0 Å². The second-order valence-electron chi connectivity index (χ2n) is 2.09. The molecular weight excluding hydrogens is 156 g/mol. The Morgan fingerprint density at radius 3 is 2.92 bits per heavy atom. The molecule has 0 spiro atoms. The molecule has 12 heavy (non-hydrogen) atoms. The van der Waals surface area contributed by atoms with Crippen LogP contribution >= 0.6 is 0 Å². The highest BCUT2D eigenvalue weighted by atomic mass is 16.5. The molecule has 0 amide bonds. The molecule has 0 bridgehead atoms. The van der Waals surface area contributed by atoms with Gasteiger partial charge in [0.1, 0.15) is 5.75 Å². The van der Waals surface area contributed by atoms with Crippen LogP contribution in [-0.2, 0) is 0 Å². The first kappa shape index (κ1) is 8.32. The predicted molar refractivity (Wildman–Crippen MR) is 46.3 cm³/mol. The van der Waals surface area contributed by atoms with Crippen LogP contribution in [-0.4, -0.2) is 18.1 Å². The van der Waals surface area contributed by atoms with Gasteiger partial charge in [-0.05, 0) is 6.07 Å². The lowest BCUT2D eigenvalue weighted by atomic mass is 10.4. The minimum absolute atomic E-state index is 0.0178. The number of rotatable bonds is 2. The van der Waals surface area contributed by atoms with Gasteiger partial charge in [-0.1, -0.05) is 0 Å². The second kappa shape index (κ2) is 3.56. The average molecular weight is 166 g/mol. The van der Waals surface area contributed by atoms with Crippen molar-refractivity contribution < 1.29 is 4.74 Å². The molecule has 64 valence electrons. The monoisotopic (exact) mass is 166 g/mol. The molecule has 1 aromatic heterocycles. The van der Waals surface area contributed by atoms with E-state index in [0.29, 0.717) is 11.6 Å².